The maximum atomic E-state index is 12.0. The largest absolute Gasteiger partial charge is 0.378 e. The van der Waals surface area contributed by atoms with Crippen molar-refractivity contribution in [2.45, 2.75) is 45.2 Å². The minimum Gasteiger partial charge on any atom is -0.378 e. The summed E-state index contributed by atoms with van der Waals surface area (Å²) in [5, 5.41) is 6.06. The fraction of sp³-hybridized carbons (Fsp3) is 0.588. The Kier molecular flexibility index (Phi) is 5.48. The summed E-state index contributed by atoms with van der Waals surface area (Å²) in [6.07, 6.45) is 4.84. The average molecular weight is 289 g/mol. The number of hydrogen-bond donors (Lipinski definition) is 2. The Balaban J connectivity index is 1.78. The van der Waals surface area contributed by atoms with Gasteiger partial charge in [-0.15, -0.1) is 0 Å². The Hall–Kier alpha value is -1.71. The molecule has 1 aromatic rings. The second-order valence-electron chi connectivity index (χ2n) is 6.26. The first-order valence-electron chi connectivity index (χ1n) is 7.87. The summed E-state index contributed by atoms with van der Waals surface area (Å²) in [4.78, 5) is 14.0. The molecule has 0 spiro atoms. The molecule has 116 valence electrons. The van der Waals surface area contributed by atoms with Gasteiger partial charge in [-0.25, -0.2) is 4.79 Å². The first-order chi connectivity index (χ1) is 10.1. The number of urea groups is 1. The quantitative estimate of drug-likeness (QED) is 0.894. The topological polar surface area (TPSA) is 44.4 Å². The predicted octanol–water partition coefficient (Wildman–Crippen LogP) is 3.13. The zero-order chi connectivity index (χ0) is 15.2. The van der Waals surface area contributed by atoms with Gasteiger partial charge in [0.15, 0.2) is 0 Å². The summed E-state index contributed by atoms with van der Waals surface area (Å²) in [5.74, 6) is 0.587. The van der Waals surface area contributed by atoms with Crippen LogP contribution in [0.1, 0.15) is 38.2 Å². The summed E-state index contributed by atoms with van der Waals surface area (Å²) >= 11 is 0. The normalized spacial score (nSPS) is 21.7. The minimum atomic E-state index is -0.0505. The monoisotopic (exact) mass is 289 g/mol. The molecule has 1 saturated carbocycles. The van der Waals surface area contributed by atoms with Gasteiger partial charge in [0.1, 0.15) is 0 Å². The van der Waals surface area contributed by atoms with E-state index in [2.05, 4.69) is 46.7 Å². The van der Waals surface area contributed by atoms with Gasteiger partial charge in [-0.1, -0.05) is 31.9 Å². The van der Waals surface area contributed by atoms with E-state index in [1.54, 1.807) is 0 Å². The Morgan fingerprint density at radius 2 is 1.86 bits per heavy atom. The van der Waals surface area contributed by atoms with Crippen LogP contribution in [0.5, 0.6) is 0 Å². The van der Waals surface area contributed by atoms with Crippen molar-refractivity contribution in [2.24, 2.45) is 5.92 Å². The third-order valence-electron chi connectivity index (χ3n) is 4.33. The Morgan fingerprint density at radius 3 is 2.48 bits per heavy atom. The maximum Gasteiger partial charge on any atom is 0.315 e. The van der Waals surface area contributed by atoms with E-state index in [1.165, 1.54) is 24.9 Å². The molecule has 1 aromatic carbocycles. The summed E-state index contributed by atoms with van der Waals surface area (Å²) in [6, 6.07) is 8.52. The van der Waals surface area contributed by atoms with Crippen molar-refractivity contribution >= 4 is 11.7 Å². The molecule has 0 heterocycles. The van der Waals surface area contributed by atoms with Crippen LogP contribution in [-0.4, -0.2) is 26.2 Å². The number of carbonyl (C=O) groups excluding carboxylic acids is 1. The van der Waals surface area contributed by atoms with E-state index in [4.69, 9.17) is 0 Å². The van der Waals surface area contributed by atoms with Gasteiger partial charge in [-0.2, -0.15) is 0 Å². The predicted molar refractivity (Wildman–Crippen MR) is 87.6 cm³/mol. The van der Waals surface area contributed by atoms with Gasteiger partial charge < -0.3 is 15.5 Å². The minimum absolute atomic E-state index is 0.0505. The van der Waals surface area contributed by atoms with Crippen molar-refractivity contribution in [2.75, 3.05) is 19.0 Å². The summed E-state index contributed by atoms with van der Waals surface area (Å²) in [5.41, 5.74) is 2.28. The van der Waals surface area contributed by atoms with E-state index < -0.39 is 0 Å². The number of amides is 2. The van der Waals surface area contributed by atoms with Crippen molar-refractivity contribution in [1.29, 1.82) is 0 Å². The lowest BCUT2D eigenvalue weighted by Gasteiger charge is -2.29. The van der Waals surface area contributed by atoms with Crippen LogP contribution in [0.4, 0.5) is 10.5 Å². The molecule has 0 saturated heterocycles. The van der Waals surface area contributed by atoms with E-state index >= 15 is 0 Å². The molecule has 4 heteroatoms. The SMILES string of the molecule is CC1CCCCC1NC(=O)NCc1ccc(N(C)C)cc1. The molecule has 0 aromatic heterocycles. The molecule has 1 aliphatic rings. The molecule has 1 aliphatic carbocycles. The highest BCUT2D eigenvalue weighted by atomic mass is 16.2. The van der Waals surface area contributed by atoms with Gasteiger partial charge in [0, 0.05) is 32.4 Å². The number of rotatable bonds is 4. The second-order valence-corrected chi connectivity index (χ2v) is 6.26. The standard InChI is InChI=1S/C17H27N3O/c1-13-6-4-5-7-16(13)19-17(21)18-12-14-8-10-15(11-9-14)20(2)3/h8-11,13,16H,4-7,12H2,1-3H3,(H2,18,19,21). The van der Waals surface area contributed by atoms with Gasteiger partial charge in [0.05, 0.1) is 0 Å². The average Bonchev–Trinajstić information content (AvgIpc) is 2.48. The molecule has 2 atom stereocenters. The van der Waals surface area contributed by atoms with Crippen LogP contribution in [-0.2, 0) is 6.54 Å². The van der Waals surface area contributed by atoms with Crippen LogP contribution >= 0.6 is 0 Å². The first-order valence-corrected chi connectivity index (χ1v) is 7.87. The molecule has 2 amide bonds. The zero-order valence-electron chi connectivity index (χ0n) is 13.4. The van der Waals surface area contributed by atoms with Gasteiger partial charge in [-0.05, 0) is 36.5 Å². The van der Waals surface area contributed by atoms with E-state index in [-0.39, 0.29) is 6.03 Å². The lowest BCUT2D eigenvalue weighted by Crippen LogP contribution is -2.45. The van der Waals surface area contributed by atoms with Crippen molar-refractivity contribution < 1.29 is 4.79 Å². The van der Waals surface area contributed by atoms with Crippen LogP contribution in [0, 0.1) is 5.92 Å². The van der Waals surface area contributed by atoms with Crippen LogP contribution in [0.2, 0.25) is 0 Å². The smallest absolute Gasteiger partial charge is 0.315 e. The van der Waals surface area contributed by atoms with Crippen molar-refractivity contribution in [1.82, 2.24) is 10.6 Å². The van der Waals surface area contributed by atoms with E-state index in [9.17, 15) is 4.79 Å². The lowest BCUT2D eigenvalue weighted by molar-refractivity contribution is 0.221. The third kappa shape index (κ3) is 4.66. The van der Waals surface area contributed by atoms with E-state index in [1.807, 2.05) is 14.1 Å². The Bertz CT molecular complexity index is 456. The maximum absolute atomic E-state index is 12.0. The molecule has 0 aliphatic heterocycles. The van der Waals surface area contributed by atoms with Crippen molar-refractivity contribution in [3.8, 4) is 0 Å². The van der Waals surface area contributed by atoms with Gasteiger partial charge in [-0.3, -0.25) is 0 Å². The number of nitrogens with one attached hydrogen (secondary N) is 2. The molecular formula is C17H27N3O. The zero-order valence-corrected chi connectivity index (χ0v) is 13.4. The molecule has 21 heavy (non-hydrogen) atoms. The van der Waals surface area contributed by atoms with Gasteiger partial charge in [0.25, 0.3) is 0 Å². The number of carbonyl (C=O) groups is 1. The number of nitrogens with zero attached hydrogens (tertiary/aromatic N) is 1. The van der Waals surface area contributed by atoms with Crippen LogP contribution < -0.4 is 15.5 Å². The summed E-state index contributed by atoms with van der Waals surface area (Å²) in [7, 11) is 4.04. The highest BCUT2D eigenvalue weighted by molar-refractivity contribution is 5.74. The van der Waals surface area contributed by atoms with Crippen molar-refractivity contribution in [3.63, 3.8) is 0 Å². The van der Waals surface area contributed by atoms with Gasteiger partial charge in [0.2, 0.25) is 0 Å². The van der Waals surface area contributed by atoms with Crippen LogP contribution in [0.25, 0.3) is 0 Å². The lowest BCUT2D eigenvalue weighted by atomic mass is 9.86. The highest BCUT2D eigenvalue weighted by Crippen LogP contribution is 2.23. The fourth-order valence-electron chi connectivity index (χ4n) is 2.84. The number of benzene rings is 1. The third-order valence-corrected chi connectivity index (χ3v) is 4.33. The Morgan fingerprint density at radius 1 is 1.19 bits per heavy atom. The highest BCUT2D eigenvalue weighted by Gasteiger charge is 2.22. The molecule has 1 fully saturated rings. The fourth-order valence-corrected chi connectivity index (χ4v) is 2.84. The first kappa shape index (κ1) is 15.7. The summed E-state index contributed by atoms with van der Waals surface area (Å²) < 4.78 is 0. The summed E-state index contributed by atoms with van der Waals surface area (Å²) in [6.45, 7) is 2.80. The number of hydrogen-bond acceptors (Lipinski definition) is 2. The van der Waals surface area contributed by atoms with Crippen molar-refractivity contribution in [3.05, 3.63) is 29.8 Å². The Labute approximate surface area is 127 Å². The molecule has 2 N–H and O–H groups in total. The van der Waals surface area contributed by atoms with E-state index in [0.717, 1.165) is 12.0 Å². The van der Waals surface area contributed by atoms with Crippen LogP contribution in [0.3, 0.4) is 0 Å². The molecule has 4 nitrogen and oxygen atoms in total. The van der Waals surface area contributed by atoms with Gasteiger partial charge >= 0.3 is 6.03 Å². The molecular weight excluding hydrogens is 262 g/mol. The van der Waals surface area contributed by atoms with E-state index in [0.29, 0.717) is 18.5 Å². The molecule has 0 bridgehead atoms. The second kappa shape index (κ2) is 7.34. The van der Waals surface area contributed by atoms with Crippen LogP contribution in [0.15, 0.2) is 24.3 Å². The molecule has 2 unspecified atom stereocenters. The number of anilines is 1. The molecule has 2 rings (SSSR count). The molecule has 0 radical (unpaired) electrons.